The maximum absolute atomic E-state index is 5.10. The summed E-state index contributed by atoms with van der Waals surface area (Å²) >= 11 is 0. The zero-order chi connectivity index (χ0) is 13.6. The Morgan fingerprint density at radius 1 is 1.42 bits per heavy atom. The number of hydrogen-bond donors (Lipinski definition) is 1. The molecule has 1 aliphatic rings. The highest BCUT2D eigenvalue weighted by Gasteiger charge is 2.32. The van der Waals surface area contributed by atoms with Gasteiger partial charge in [0.15, 0.2) is 0 Å². The van der Waals surface area contributed by atoms with E-state index in [4.69, 9.17) is 4.74 Å². The van der Waals surface area contributed by atoms with Crippen LogP contribution in [0.1, 0.15) is 37.7 Å². The molecule has 0 aliphatic heterocycles. The van der Waals surface area contributed by atoms with Gasteiger partial charge in [-0.2, -0.15) is 5.10 Å². The minimum absolute atomic E-state index is 0.504. The van der Waals surface area contributed by atoms with E-state index in [1.807, 2.05) is 17.9 Å². The van der Waals surface area contributed by atoms with Crippen LogP contribution in [0.5, 0.6) is 0 Å². The van der Waals surface area contributed by atoms with E-state index >= 15 is 0 Å². The molecule has 0 amide bonds. The van der Waals surface area contributed by atoms with Gasteiger partial charge in [0.1, 0.15) is 0 Å². The lowest BCUT2D eigenvalue weighted by molar-refractivity contribution is 0.187. The maximum atomic E-state index is 5.10. The molecule has 0 atom stereocenters. The molecule has 1 fully saturated rings. The highest BCUT2D eigenvalue weighted by molar-refractivity contribution is 5.05. The molecule has 2 rings (SSSR count). The molecule has 4 nitrogen and oxygen atoms in total. The van der Waals surface area contributed by atoms with Crippen LogP contribution in [0.3, 0.4) is 0 Å². The van der Waals surface area contributed by atoms with E-state index in [-0.39, 0.29) is 0 Å². The molecule has 4 heteroatoms. The van der Waals surface area contributed by atoms with Gasteiger partial charge in [0.25, 0.3) is 0 Å². The first kappa shape index (κ1) is 14.5. The Morgan fingerprint density at radius 3 is 2.84 bits per heavy atom. The molecule has 0 bridgehead atoms. The van der Waals surface area contributed by atoms with Crippen LogP contribution < -0.4 is 5.32 Å². The van der Waals surface area contributed by atoms with E-state index in [0.717, 1.165) is 26.1 Å². The predicted molar refractivity (Wildman–Crippen MR) is 77.2 cm³/mol. The van der Waals surface area contributed by atoms with Gasteiger partial charge in [0.2, 0.25) is 0 Å². The summed E-state index contributed by atoms with van der Waals surface area (Å²) in [6.07, 6.45) is 12.1. The average Bonchev–Trinajstić information content (AvgIpc) is 3.02. The Hall–Kier alpha value is -0.870. The van der Waals surface area contributed by atoms with E-state index in [1.165, 1.54) is 37.7 Å². The lowest BCUT2D eigenvalue weighted by atomic mass is 9.80. The molecule has 0 aromatic carbocycles. The van der Waals surface area contributed by atoms with Crippen molar-refractivity contribution in [2.45, 2.75) is 38.5 Å². The molecule has 108 valence electrons. The molecule has 1 saturated carbocycles. The smallest absolute Gasteiger partial charge is 0.0587 e. The third-order valence-electron chi connectivity index (χ3n) is 4.35. The van der Waals surface area contributed by atoms with Crippen molar-refractivity contribution >= 4 is 0 Å². The molecule has 1 aromatic rings. The number of nitrogens with one attached hydrogen (secondary N) is 1. The molecule has 1 aliphatic carbocycles. The number of aromatic nitrogens is 2. The van der Waals surface area contributed by atoms with Gasteiger partial charge in [-0.1, -0.05) is 12.8 Å². The lowest BCUT2D eigenvalue weighted by Crippen LogP contribution is -2.34. The van der Waals surface area contributed by atoms with E-state index in [0.29, 0.717) is 5.41 Å². The summed E-state index contributed by atoms with van der Waals surface area (Å²) in [4.78, 5) is 0. The molecule has 0 spiro atoms. The van der Waals surface area contributed by atoms with Crippen molar-refractivity contribution < 1.29 is 4.74 Å². The third kappa shape index (κ3) is 4.32. The highest BCUT2D eigenvalue weighted by Crippen LogP contribution is 2.41. The van der Waals surface area contributed by atoms with Crippen LogP contribution in [-0.4, -0.2) is 36.6 Å². The van der Waals surface area contributed by atoms with E-state index in [9.17, 15) is 0 Å². The van der Waals surface area contributed by atoms with Gasteiger partial charge in [-0.15, -0.1) is 0 Å². The number of nitrogens with zero attached hydrogens (tertiary/aromatic N) is 2. The second kappa shape index (κ2) is 7.06. The predicted octanol–water partition coefficient (Wildman–Crippen LogP) is 2.15. The monoisotopic (exact) mass is 265 g/mol. The second-order valence-corrected chi connectivity index (χ2v) is 5.90. The van der Waals surface area contributed by atoms with E-state index in [1.54, 1.807) is 7.11 Å². The van der Waals surface area contributed by atoms with E-state index in [2.05, 4.69) is 16.6 Å². The zero-order valence-corrected chi connectivity index (χ0v) is 12.3. The third-order valence-corrected chi connectivity index (χ3v) is 4.35. The summed E-state index contributed by atoms with van der Waals surface area (Å²) in [5.41, 5.74) is 1.87. The van der Waals surface area contributed by atoms with Crippen molar-refractivity contribution in [3.63, 3.8) is 0 Å². The molecule has 1 heterocycles. The van der Waals surface area contributed by atoms with Gasteiger partial charge in [-0.25, -0.2) is 0 Å². The SMILES string of the molecule is COCCNCC1(CCc2cnn(C)c2)CCCC1. The number of hydrogen-bond acceptors (Lipinski definition) is 3. The number of methoxy groups -OCH3 is 1. The molecule has 19 heavy (non-hydrogen) atoms. The Labute approximate surface area is 116 Å². The molecule has 1 N–H and O–H groups in total. The van der Waals surface area contributed by atoms with Crippen LogP contribution >= 0.6 is 0 Å². The molecule has 1 aromatic heterocycles. The van der Waals surface area contributed by atoms with Gasteiger partial charge in [0, 0.05) is 33.4 Å². The largest absolute Gasteiger partial charge is 0.383 e. The summed E-state index contributed by atoms with van der Waals surface area (Å²) in [6.45, 7) is 2.90. The minimum atomic E-state index is 0.504. The quantitative estimate of drug-likeness (QED) is 0.732. The summed E-state index contributed by atoms with van der Waals surface area (Å²) in [7, 11) is 3.75. The number of ether oxygens (including phenoxy) is 1. The summed E-state index contributed by atoms with van der Waals surface area (Å²) in [6, 6.07) is 0. The molecular weight excluding hydrogens is 238 g/mol. The van der Waals surface area contributed by atoms with Gasteiger partial charge < -0.3 is 10.1 Å². The van der Waals surface area contributed by atoms with Crippen LogP contribution in [-0.2, 0) is 18.2 Å². The van der Waals surface area contributed by atoms with Crippen LogP contribution in [0.15, 0.2) is 12.4 Å². The first-order chi connectivity index (χ1) is 9.24. The average molecular weight is 265 g/mol. The fraction of sp³-hybridized carbons (Fsp3) is 0.800. The van der Waals surface area contributed by atoms with Gasteiger partial charge in [0.05, 0.1) is 12.8 Å². The highest BCUT2D eigenvalue weighted by atomic mass is 16.5. The summed E-state index contributed by atoms with van der Waals surface area (Å²) < 4.78 is 6.99. The zero-order valence-electron chi connectivity index (χ0n) is 12.3. The minimum Gasteiger partial charge on any atom is -0.383 e. The fourth-order valence-electron chi connectivity index (χ4n) is 3.18. The summed E-state index contributed by atoms with van der Waals surface area (Å²) in [5, 5.41) is 7.82. The van der Waals surface area contributed by atoms with Crippen molar-refractivity contribution in [1.29, 1.82) is 0 Å². The molecule has 0 saturated heterocycles. The van der Waals surface area contributed by atoms with Crippen LogP contribution in [0.25, 0.3) is 0 Å². The van der Waals surface area contributed by atoms with E-state index < -0.39 is 0 Å². The van der Waals surface area contributed by atoms with Gasteiger partial charge >= 0.3 is 0 Å². The number of rotatable bonds is 8. The number of aryl methyl sites for hydroxylation is 2. The topological polar surface area (TPSA) is 39.1 Å². The summed E-state index contributed by atoms with van der Waals surface area (Å²) in [5.74, 6) is 0. The van der Waals surface area contributed by atoms with Crippen molar-refractivity contribution in [2.24, 2.45) is 12.5 Å². The Balaban J connectivity index is 1.81. The lowest BCUT2D eigenvalue weighted by Gasteiger charge is -2.29. The van der Waals surface area contributed by atoms with Crippen molar-refractivity contribution in [2.75, 3.05) is 26.8 Å². The Morgan fingerprint density at radius 2 is 2.21 bits per heavy atom. The normalized spacial score (nSPS) is 18.0. The maximum Gasteiger partial charge on any atom is 0.0587 e. The first-order valence-electron chi connectivity index (χ1n) is 7.41. The van der Waals surface area contributed by atoms with Gasteiger partial charge in [-0.05, 0) is 36.7 Å². The van der Waals surface area contributed by atoms with Gasteiger partial charge in [-0.3, -0.25) is 4.68 Å². The molecule has 0 unspecified atom stereocenters. The molecule has 0 radical (unpaired) electrons. The van der Waals surface area contributed by atoms with Crippen molar-refractivity contribution in [3.05, 3.63) is 18.0 Å². The van der Waals surface area contributed by atoms with Crippen LogP contribution in [0.2, 0.25) is 0 Å². The fourth-order valence-corrected chi connectivity index (χ4v) is 3.18. The Bertz CT molecular complexity index is 369. The standard InChI is InChI=1S/C15H27N3O/c1-18-12-14(11-17-18)5-8-15(6-3-4-7-15)13-16-9-10-19-2/h11-12,16H,3-10,13H2,1-2H3. The van der Waals surface area contributed by atoms with Crippen LogP contribution in [0.4, 0.5) is 0 Å². The van der Waals surface area contributed by atoms with Crippen LogP contribution in [0, 0.1) is 5.41 Å². The second-order valence-electron chi connectivity index (χ2n) is 5.90. The van der Waals surface area contributed by atoms with Crippen molar-refractivity contribution in [1.82, 2.24) is 15.1 Å². The molecular formula is C15H27N3O. The van der Waals surface area contributed by atoms with Crippen molar-refractivity contribution in [3.8, 4) is 0 Å². The first-order valence-corrected chi connectivity index (χ1v) is 7.41. The Kier molecular flexibility index (Phi) is 5.40.